The molecule has 6 heteroatoms. The molecule has 3 N–H and O–H groups in total. The van der Waals surface area contributed by atoms with Gasteiger partial charge in [-0.25, -0.2) is 4.98 Å². The van der Waals surface area contributed by atoms with Crippen molar-refractivity contribution in [2.45, 2.75) is 32.9 Å². The highest BCUT2D eigenvalue weighted by molar-refractivity contribution is 6.31. The van der Waals surface area contributed by atoms with Crippen molar-refractivity contribution in [3.05, 3.63) is 23.2 Å². The van der Waals surface area contributed by atoms with Crippen molar-refractivity contribution in [1.82, 2.24) is 14.9 Å². The Kier molecular flexibility index (Phi) is 3.66. The van der Waals surface area contributed by atoms with Crippen LogP contribution in [0.4, 0.5) is 5.95 Å². The van der Waals surface area contributed by atoms with E-state index < -0.39 is 6.04 Å². The van der Waals surface area contributed by atoms with Gasteiger partial charge in [-0.1, -0.05) is 11.6 Å². The average Bonchev–Trinajstić information content (AvgIpc) is 2.62. The predicted molar refractivity (Wildman–Crippen MR) is 77.1 cm³/mol. The summed E-state index contributed by atoms with van der Waals surface area (Å²) in [5, 5.41) is 3.45. The van der Waals surface area contributed by atoms with Crippen molar-refractivity contribution in [2.24, 2.45) is 0 Å². The van der Waals surface area contributed by atoms with E-state index >= 15 is 0 Å². The van der Waals surface area contributed by atoms with E-state index in [4.69, 9.17) is 17.3 Å². The van der Waals surface area contributed by atoms with E-state index in [-0.39, 0.29) is 11.9 Å². The first-order valence-corrected chi connectivity index (χ1v) is 6.51. The monoisotopic (exact) mass is 280 g/mol. The summed E-state index contributed by atoms with van der Waals surface area (Å²) in [5.41, 5.74) is 7.39. The second-order valence-electron chi connectivity index (χ2n) is 4.81. The van der Waals surface area contributed by atoms with Gasteiger partial charge in [-0.2, -0.15) is 0 Å². The third kappa shape index (κ3) is 2.66. The van der Waals surface area contributed by atoms with Crippen LogP contribution in [0.5, 0.6) is 0 Å². The third-order valence-electron chi connectivity index (χ3n) is 2.88. The highest BCUT2D eigenvalue weighted by Gasteiger charge is 2.20. The molecule has 0 saturated carbocycles. The van der Waals surface area contributed by atoms with Crippen molar-refractivity contribution in [3.8, 4) is 0 Å². The van der Waals surface area contributed by atoms with Gasteiger partial charge in [0.2, 0.25) is 11.9 Å². The maximum Gasteiger partial charge on any atom is 0.243 e. The molecular weight excluding hydrogens is 264 g/mol. The molecule has 2 aromatic rings. The molecule has 0 aliphatic heterocycles. The zero-order chi connectivity index (χ0) is 14.2. The van der Waals surface area contributed by atoms with Crippen molar-refractivity contribution in [2.75, 3.05) is 5.73 Å². The minimum atomic E-state index is -0.439. The first-order valence-electron chi connectivity index (χ1n) is 6.13. The number of rotatable bonds is 3. The number of nitrogens with zero attached hydrogens (tertiary/aromatic N) is 2. The number of nitrogens with two attached hydrogens (primary N) is 1. The molecule has 0 spiro atoms. The summed E-state index contributed by atoms with van der Waals surface area (Å²) in [6.07, 6.45) is 0. The number of imidazole rings is 1. The summed E-state index contributed by atoms with van der Waals surface area (Å²) in [6, 6.07) is 4.94. The quantitative estimate of drug-likeness (QED) is 0.906. The molecule has 5 nitrogen and oxygen atoms in total. The Morgan fingerprint density at radius 1 is 1.42 bits per heavy atom. The fraction of sp³-hybridized carbons (Fsp3) is 0.385. The lowest BCUT2D eigenvalue weighted by molar-refractivity contribution is -0.124. The summed E-state index contributed by atoms with van der Waals surface area (Å²) in [7, 11) is 0. The van der Waals surface area contributed by atoms with Crippen LogP contribution in [0.2, 0.25) is 5.02 Å². The average molecular weight is 281 g/mol. The van der Waals surface area contributed by atoms with Gasteiger partial charge in [-0.3, -0.25) is 9.36 Å². The fourth-order valence-electron chi connectivity index (χ4n) is 2.01. The lowest BCUT2D eigenvalue weighted by Crippen LogP contribution is -2.36. The SMILES string of the molecule is CC(C)NC(=O)C(C)n1c(N)nc2ccc(Cl)cc21. The van der Waals surface area contributed by atoms with Gasteiger partial charge >= 0.3 is 0 Å². The number of aromatic nitrogens is 2. The molecule has 0 bridgehead atoms. The molecule has 1 aromatic carbocycles. The van der Waals surface area contributed by atoms with Crippen molar-refractivity contribution in [3.63, 3.8) is 0 Å². The Hall–Kier alpha value is -1.75. The molecule has 19 heavy (non-hydrogen) atoms. The van der Waals surface area contributed by atoms with Gasteiger partial charge in [0.15, 0.2) is 0 Å². The van der Waals surface area contributed by atoms with E-state index in [0.29, 0.717) is 11.0 Å². The summed E-state index contributed by atoms with van der Waals surface area (Å²) < 4.78 is 1.69. The minimum absolute atomic E-state index is 0.0783. The van der Waals surface area contributed by atoms with Gasteiger partial charge in [0.05, 0.1) is 11.0 Å². The number of hydrogen-bond acceptors (Lipinski definition) is 3. The molecule has 1 heterocycles. The number of amides is 1. The number of carbonyl (C=O) groups excluding carboxylic acids is 1. The van der Waals surface area contributed by atoms with Crippen LogP contribution in [-0.2, 0) is 4.79 Å². The fourth-order valence-corrected chi connectivity index (χ4v) is 2.18. The normalized spacial score (nSPS) is 12.9. The Labute approximate surface area is 116 Å². The number of fused-ring (bicyclic) bond motifs is 1. The topological polar surface area (TPSA) is 72.9 Å². The Morgan fingerprint density at radius 2 is 2.11 bits per heavy atom. The standard InChI is InChI=1S/C13H17ClN4O/c1-7(2)16-12(19)8(3)18-11-6-9(14)4-5-10(11)17-13(18)15/h4-8H,1-3H3,(H2,15,17)(H,16,19). The van der Waals surface area contributed by atoms with Crippen molar-refractivity contribution >= 4 is 34.5 Å². The summed E-state index contributed by atoms with van der Waals surface area (Å²) in [6.45, 7) is 5.61. The first-order chi connectivity index (χ1) is 8.90. The maximum atomic E-state index is 12.1. The second kappa shape index (κ2) is 5.09. The van der Waals surface area contributed by atoms with Gasteiger partial charge in [-0.05, 0) is 39.0 Å². The highest BCUT2D eigenvalue weighted by atomic mass is 35.5. The smallest absolute Gasteiger partial charge is 0.243 e. The van der Waals surface area contributed by atoms with Gasteiger partial charge in [0.25, 0.3) is 0 Å². The number of halogens is 1. The molecule has 2 rings (SSSR count). The molecule has 0 radical (unpaired) electrons. The summed E-state index contributed by atoms with van der Waals surface area (Å²) in [5.74, 6) is 0.213. The maximum absolute atomic E-state index is 12.1. The van der Waals surface area contributed by atoms with Crippen LogP contribution < -0.4 is 11.1 Å². The van der Waals surface area contributed by atoms with Crippen LogP contribution in [0.15, 0.2) is 18.2 Å². The van der Waals surface area contributed by atoms with Crippen molar-refractivity contribution in [1.29, 1.82) is 0 Å². The molecule has 1 atom stereocenters. The van der Waals surface area contributed by atoms with Gasteiger partial charge < -0.3 is 11.1 Å². The van der Waals surface area contributed by atoms with Crippen LogP contribution in [0, 0.1) is 0 Å². The van der Waals surface area contributed by atoms with Gasteiger partial charge in [-0.15, -0.1) is 0 Å². The van der Waals surface area contributed by atoms with E-state index in [0.717, 1.165) is 11.0 Å². The van der Waals surface area contributed by atoms with Crippen LogP contribution in [0.3, 0.4) is 0 Å². The van der Waals surface area contributed by atoms with Gasteiger partial charge in [0, 0.05) is 11.1 Å². The predicted octanol–water partition coefficient (Wildman–Crippen LogP) is 2.36. The van der Waals surface area contributed by atoms with Crippen LogP contribution >= 0.6 is 11.6 Å². The molecule has 0 aliphatic carbocycles. The molecule has 1 unspecified atom stereocenters. The number of hydrogen-bond donors (Lipinski definition) is 2. The Bertz CT molecular complexity index is 620. The van der Waals surface area contributed by atoms with E-state index in [1.807, 2.05) is 13.8 Å². The number of nitrogen functional groups attached to an aromatic ring is 1. The van der Waals surface area contributed by atoms with Crippen LogP contribution in [-0.4, -0.2) is 21.5 Å². The largest absolute Gasteiger partial charge is 0.369 e. The molecule has 0 saturated heterocycles. The first kappa shape index (κ1) is 13.7. The van der Waals surface area contributed by atoms with Crippen LogP contribution in [0.25, 0.3) is 11.0 Å². The summed E-state index contributed by atoms with van der Waals surface area (Å²) >= 11 is 5.99. The van der Waals surface area contributed by atoms with Crippen LogP contribution in [0.1, 0.15) is 26.8 Å². The van der Waals surface area contributed by atoms with E-state index in [1.165, 1.54) is 0 Å². The molecule has 1 amide bonds. The van der Waals surface area contributed by atoms with Gasteiger partial charge in [0.1, 0.15) is 6.04 Å². The summed E-state index contributed by atoms with van der Waals surface area (Å²) in [4.78, 5) is 16.3. The molecular formula is C13H17ClN4O. The molecule has 1 aromatic heterocycles. The number of anilines is 1. The van der Waals surface area contributed by atoms with E-state index in [1.54, 1.807) is 29.7 Å². The third-order valence-corrected chi connectivity index (χ3v) is 3.11. The molecule has 0 aliphatic rings. The van der Waals surface area contributed by atoms with E-state index in [9.17, 15) is 4.79 Å². The lowest BCUT2D eigenvalue weighted by atomic mass is 10.2. The number of nitrogens with one attached hydrogen (secondary N) is 1. The van der Waals surface area contributed by atoms with E-state index in [2.05, 4.69) is 10.3 Å². The molecule has 0 fully saturated rings. The second-order valence-corrected chi connectivity index (χ2v) is 5.25. The highest BCUT2D eigenvalue weighted by Crippen LogP contribution is 2.25. The number of carbonyl (C=O) groups is 1. The number of benzene rings is 1. The lowest BCUT2D eigenvalue weighted by Gasteiger charge is -2.17. The zero-order valence-corrected chi connectivity index (χ0v) is 11.9. The Morgan fingerprint density at radius 3 is 2.74 bits per heavy atom. The van der Waals surface area contributed by atoms with Crippen molar-refractivity contribution < 1.29 is 4.79 Å². The molecule has 102 valence electrons. The zero-order valence-electron chi connectivity index (χ0n) is 11.1. The minimum Gasteiger partial charge on any atom is -0.369 e. The Balaban J connectivity index is 2.46.